The van der Waals surface area contributed by atoms with E-state index in [2.05, 4.69) is 15.2 Å². The summed E-state index contributed by atoms with van der Waals surface area (Å²) in [5, 5.41) is 7.64. The summed E-state index contributed by atoms with van der Waals surface area (Å²) < 4.78 is 23.9. The molecule has 150 valence electrons. The molecule has 1 unspecified atom stereocenters. The lowest BCUT2D eigenvalue weighted by Crippen LogP contribution is -2.47. The zero-order valence-electron chi connectivity index (χ0n) is 15.6. The van der Waals surface area contributed by atoms with Crippen molar-refractivity contribution in [2.75, 3.05) is 17.3 Å². The molecule has 1 aromatic heterocycles. The number of hydrogen-bond acceptors (Lipinski definition) is 6. The van der Waals surface area contributed by atoms with Gasteiger partial charge in [0.05, 0.1) is 17.3 Å². The van der Waals surface area contributed by atoms with E-state index in [1.165, 1.54) is 11.8 Å². The molecule has 0 bridgehead atoms. The van der Waals surface area contributed by atoms with E-state index in [1.807, 2.05) is 35.2 Å². The highest BCUT2D eigenvalue weighted by molar-refractivity contribution is 7.99. The Bertz CT molecular complexity index is 924. The maximum Gasteiger partial charge on any atom is 0.233 e. The highest BCUT2D eigenvalue weighted by atomic mass is 32.2. The average molecular weight is 421 g/mol. The monoisotopic (exact) mass is 420 g/mol. The predicted molar refractivity (Wildman–Crippen MR) is 109 cm³/mol. The lowest BCUT2D eigenvalue weighted by atomic mass is 10.1. The number of benzene rings is 1. The van der Waals surface area contributed by atoms with Gasteiger partial charge in [-0.1, -0.05) is 54.9 Å². The van der Waals surface area contributed by atoms with E-state index >= 15 is 0 Å². The highest BCUT2D eigenvalue weighted by Crippen LogP contribution is 2.30. The Balaban J connectivity index is 1.42. The van der Waals surface area contributed by atoms with E-state index in [1.54, 1.807) is 0 Å². The van der Waals surface area contributed by atoms with Crippen LogP contribution in [0.3, 0.4) is 0 Å². The van der Waals surface area contributed by atoms with E-state index in [-0.39, 0.29) is 35.2 Å². The summed E-state index contributed by atoms with van der Waals surface area (Å²) in [4.78, 5) is 19.4. The van der Waals surface area contributed by atoms with Crippen LogP contribution < -0.4 is 0 Å². The smallest absolute Gasteiger partial charge is 0.233 e. The Morgan fingerprint density at radius 1 is 1.14 bits per heavy atom. The highest BCUT2D eigenvalue weighted by Gasteiger charge is 2.38. The molecule has 1 aromatic carbocycles. The minimum atomic E-state index is -3.03. The van der Waals surface area contributed by atoms with Gasteiger partial charge in [0, 0.05) is 17.6 Å². The summed E-state index contributed by atoms with van der Waals surface area (Å²) in [7, 11) is -3.03. The number of sulfone groups is 1. The summed E-state index contributed by atoms with van der Waals surface area (Å²) in [5.74, 6) is 1.16. The molecule has 28 heavy (non-hydrogen) atoms. The number of thioether (sulfide) groups is 1. The first-order valence-electron chi connectivity index (χ1n) is 9.64. The summed E-state index contributed by atoms with van der Waals surface area (Å²) in [6.07, 6.45) is 4.68. The Kier molecular flexibility index (Phi) is 5.73. The van der Waals surface area contributed by atoms with Crippen LogP contribution in [0, 0.1) is 0 Å². The number of hydrogen-bond donors (Lipinski definition) is 1. The van der Waals surface area contributed by atoms with Gasteiger partial charge in [-0.2, -0.15) is 0 Å². The average Bonchev–Trinajstić information content (AvgIpc) is 3.43. The summed E-state index contributed by atoms with van der Waals surface area (Å²) in [5.41, 5.74) is 0.942. The third kappa shape index (κ3) is 4.41. The molecule has 1 aliphatic heterocycles. The van der Waals surface area contributed by atoms with Gasteiger partial charge in [0.1, 0.15) is 0 Å². The van der Waals surface area contributed by atoms with Crippen molar-refractivity contribution in [1.82, 2.24) is 20.1 Å². The molecule has 2 aromatic rings. The molecule has 1 amide bonds. The molecule has 4 rings (SSSR count). The number of carbonyl (C=O) groups is 1. The molecule has 9 heteroatoms. The number of aromatic amines is 1. The van der Waals surface area contributed by atoms with Crippen molar-refractivity contribution in [3.63, 3.8) is 0 Å². The van der Waals surface area contributed by atoms with Gasteiger partial charge in [-0.05, 0) is 19.3 Å². The molecule has 7 nitrogen and oxygen atoms in total. The van der Waals surface area contributed by atoms with Crippen LogP contribution in [0.25, 0.3) is 11.4 Å². The predicted octanol–water partition coefficient (Wildman–Crippen LogP) is 2.52. The van der Waals surface area contributed by atoms with Crippen LogP contribution >= 0.6 is 11.8 Å². The Morgan fingerprint density at radius 2 is 1.89 bits per heavy atom. The van der Waals surface area contributed by atoms with Crippen molar-refractivity contribution < 1.29 is 13.2 Å². The number of aromatic nitrogens is 3. The zero-order valence-corrected chi connectivity index (χ0v) is 17.2. The van der Waals surface area contributed by atoms with Gasteiger partial charge in [0.2, 0.25) is 11.1 Å². The van der Waals surface area contributed by atoms with Gasteiger partial charge < -0.3 is 4.90 Å². The molecule has 1 atom stereocenters. The molecule has 2 aliphatic rings. The topological polar surface area (TPSA) is 96.0 Å². The number of rotatable bonds is 6. The molecule has 2 fully saturated rings. The lowest BCUT2D eigenvalue weighted by molar-refractivity contribution is -0.132. The number of H-pyrrole nitrogens is 1. The third-order valence-electron chi connectivity index (χ3n) is 5.44. The van der Waals surface area contributed by atoms with Gasteiger partial charge in [0.25, 0.3) is 0 Å². The zero-order chi connectivity index (χ0) is 19.6. The van der Waals surface area contributed by atoms with Crippen LogP contribution in [-0.4, -0.2) is 63.7 Å². The quantitative estimate of drug-likeness (QED) is 0.722. The van der Waals surface area contributed by atoms with Crippen molar-refractivity contribution in [2.45, 2.75) is 49.3 Å². The van der Waals surface area contributed by atoms with Crippen LogP contribution in [0.4, 0.5) is 0 Å². The van der Waals surface area contributed by atoms with Crippen molar-refractivity contribution in [2.24, 2.45) is 0 Å². The maximum absolute atomic E-state index is 13.0. The first-order chi connectivity index (χ1) is 13.5. The molecule has 1 saturated carbocycles. The molecule has 0 spiro atoms. The fraction of sp³-hybridized carbons (Fsp3) is 0.526. The maximum atomic E-state index is 13.0. The van der Waals surface area contributed by atoms with Crippen LogP contribution in [0.2, 0.25) is 0 Å². The largest absolute Gasteiger partial charge is 0.335 e. The summed E-state index contributed by atoms with van der Waals surface area (Å²) in [6.45, 7) is 0. The summed E-state index contributed by atoms with van der Waals surface area (Å²) >= 11 is 1.30. The minimum absolute atomic E-state index is 0.00920. The van der Waals surface area contributed by atoms with Crippen LogP contribution in [0.1, 0.15) is 32.1 Å². The molecular weight excluding hydrogens is 396 g/mol. The van der Waals surface area contributed by atoms with E-state index < -0.39 is 9.84 Å². The second kappa shape index (κ2) is 8.24. The first kappa shape index (κ1) is 19.4. The number of carbonyl (C=O) groups excluding carboxylic acids is 1. The molecule has 0 radical (unpaired) electrons. The SMILES string of the molecule is O=C(CSc1n[nH]c(-c2ccccc2)n1)N(C1CCCC1)C1CCS(=O)(=O)C1. The van der Waals surface area contributed by atoms with Gasteiger partial charge in [-0.15, -0.1) is 5.10 Å². The van der Waals surface area contributed by atoms with Gasteiger partial charge >= 0.3 is 0 Å². The second-order valence-electron chi connectivity index (χ2n) is 7.42. The lowest BCUT2D eigenvalue weighted by Gasteiger charge is -2.34. The van der Waals surface area contributed by atoms with E-state index in [0.29, 0.717) is 17.4 Å². The fourth-order valence-corrected chi connectivity index (χ4v) is 6.50. The van der Waals surface area contributed by atoms with Crippen molar-refractivity contribution in [3.8, 4) is 11.4 Å². The fourth-order valence-electron chi connectivity index (χ4n) is 4.12. The van der Waals surface area contributed by atoms with Gasteiger partial charge in [0.15, 0.2) is 15.7 Å². The summed E-state index contributed by atoms with van der Waals surface area (Å²) in [6, 6.07) is 9.68. The van der Waals surface area contributed by atoms with Gasteiger partial charge in [-0.25, -0.2) is 13.4 Å². The van der Waals surface area contributed by atoms with Crippen LogP contribution in [0.5, 0.6) is 0 Å². The number of nitrogens with one attached hydrogen (secondary N) is 1. The minimum Gasteiger partial charge on any atom is -0.335 e. The molecule has 1 aliphatic carbocycles. The Hall–Kier alpha value is -1.87. The van der Waals surface area contributed by atoms with E-state index in [4.69, 9.17) is 0 Å². The standard InChI is InChI=1S/C19H24N4O3S2/c24-17(12-27-19-20-18(21-22-19)14-6-2-1-3-7-14)23(15-8-4-5-9-15)16-10-11-28(25,26)13-16/h1-3,6-7,15-16H,4-5,8-13H2,(H,20,21,22). The van der Waals surface area contributed by atoms with E-state index in [0.717, 1.165) is 31.2 Å². The Morgan fingerprint density at radius 3 is 2.57 bits per heavy atom. The van der Waals surface area contributed by atoms with Gasteiger partial charge in [-0.3, -0.25) is 9.89 Å². The first-order valence-corrected chi connectivity index (χ1v) is 12.4. The normalized spacial score (nSPS) is 21.8. The van der Waals surface area contributed by atoms with Crippen molar-refractivity contribution in [3.05, 3.63) is 30.3 Å². The molecule has 1 saturated heterocycles. The van der Waals surface area contributed by atoms with Crippen LogP contribution in [-0.2, 0) is 14.6 Å². The van der Waals surface area contributed by atoms with E-state index in [9.17, 15) is 13.2 Å². The molecule has 2 heterocycles. The number of amides is 1. The van der Waals surface area contributed by atoms with Crippen molar-refractivity contribution >= 4 is 27.5 Å². The molecule has 1 N–H and O–H groups in total. The number of nitrogens with zero attached hydrogens (tertiary/aromatic N) is 3. The third-order valence-corrected chi connectivity index (χ3v) is 8.03. The molecular formula is C19H24N4O3S2. The second-order valence-corrected chi connectivity index (χ2v) is 10.6. The Labute approximate surface area is 169 Å². The van der Waals surface area contributed by atoms with Crippen molar-refractivity contribution in [1.29, 1.82) is 0 Å². The van der Waals surface area contributed by atoms with Crippen LogP contribution in [0.15, 0.2) is 35.5 Å².